The van der Waals surface area contributed by atoms with Crippen LogP contribution >= 0.6 is 0 Å². The topological polar surface area (TPSA) is 46.5 Å². The number of ether oxygens (including phenoxy) is 1. The van der Waals surface area contributed by atoms with Gasteiger partial charge in [-0.25, -0.2) is 4.79 Å². The molecule has 0 saturated heterocycles. The third kappa shape index (κ3) is 3.63. The van der Waals surface area contributed by atoms with Crippen LogP contribution in [0.4, 0.5) is 0 Å². The average Bonchev–Trinajstić information content (AvgIpc) is 2.67. The van der Waals surface area contributed by atoms with Crippen LogP contribution in [0.5, 0.6) is 0 Å². The van der Waals surface area contributed by atoms with E-state index < -0.39 is 0 Å². The maximum atomic E-state index is 11.2. The molecule has 0 bridgehead atoms. The minimum Gasteiger partial charge on any atom is -0.462 e. The highest BCUT2D eigenvalue weighted by Gasteiger charge is 2.33. The minimum atomic E-state index is -0.308. The van der Waals surface area contributed by atoms with Crippen molar-refractivity contribution in [3.05, 3.63) is 12.2 Å². The van der Waals surface area contributed by atoms with E-state index in [1.165, 1.54) is 12.8 Å². The quantitative estimate of drug-likeness (QED) is 0.559. The Labute approximate surface area is 97.5 Å². The number of aliphatic hydroxyl groups is 1. The maximum absolute atomic E-state index is 11.2. The third-order valence-electron chi connectivity index (χ3n) is 3.52. The van der Waals surface area contributed by atoms with Gasteiger partial charge >= 0.3 is 5.97 Å². The van der Waals surface area contributed by atoms with Crippen molar-refractivity contribution in [1.82, 2.24) is 0 Å². The molecule has 1 aliphatic rings. The van der Waals surface area contributed by atoms with Gasteiger partial charge in [0.05, 0.1) is 6.61 Å². The fourth-order valence-electron chi connectivity index (χ4n) is 2.47. The number of hydrogen-bond donors (Lipinski definition) is 1. The van der Waals surface area contributed by atoms with Crippen molar-refractivity contribution < 1.29 is 14.6 Å². The van der Waals surface area contributed by atoms with Gasteiger partial charge in [-0.05, 0) is 38.0 Å². The fourth-order valence-corrected chi connectivity index (χ4v) is 2.47. The zero-order chi connectivity index (χ0) is 12.0. The van der Waals surface area contributed by atoms with E-state index in [9.17, 15) is 4.79 Å². The van der Waals surface area contributed by atoms with Crippen LogP contribution in [0.3, 0.4) is 0 Å². The molecule has 0 amide bonds. The van der Waals surface area contributed by atoms with E-state index in [4.69, 9.17) is 9.84 Å². The summed E-state index contributed by atoms with van der Waals surface area (Å²) in [6, 6.07) is 0. The second-order valence-electron chi connectivity index (χ2n) is 4.85. The number of carbonyl (C=O) groups is 1. The van der Waals surface area contributed by atoms with Gasteiger partial charge in [0.2, 0.25) is 0 Å². The van der Waals surface area contributed by atoms with Crippen LogP contribution in [0.1, 0.15) is 45.4 Å². The molecule has 0 aromatic carbocycles. The molecule has 0 atom stereocenters. The van der Waals surface area contributed by atoms with Crippen LogP contribution in [0, 0.1) is 5.41 Å². The molecule has 1 aliphatic carbocycles. The van der Waals surface area contributed by atoms with Gasteiger partial charge in [0.15, 0.2) is 0 Å². The van der Waals surface area contributed by atoms with E-state index in [0.29, 0.717) is 12.2 Å². The first-order valence-corrected chi connectivity index (χ1v) is 6.03. The van der Waals surface area contributed by atoms with Crippen molar-refractivity contribution in [2.24, 2.45) is 5.41 Å². The van der Waals surface area contributed by atoms with Crippen LogP contribution in [0.2, 0.25) is 0 Å². The lowest BCUT2D eigenvalue weighted by molar-refractivity contribution is -0.139. The number of hydrogen-bond acceptors (Lipinski definition) is 3. The molecule has 16 heavy (non-hydrogen) atoms. The first kappa shape index (κ1) is 13.2. The molecular formula is C13H22O3. The summed E-state index contributed by atoms with van der Waals surface area (Å²) in [5.41, 5.74) is 0.659. The molecule has 0 unspecified atom stereocenters. The van der Waals surface area contributed by atoms with Crippen molar-refractivity contribution in [1.29, 1.82) is 0 Å². The molecule has 1 rings (SSSR count). The van der Waals surface area contributed by atoms with Gasteiger partial charge in [0, 0.05) is 12.2 Å². The van der Waals surface area contributed by atoms with Crippen LogP contribution < -0.4 is 0 Å². The molecule has 92 valence electrons. The standard InChI is InChI=1S/C13H22O3/c1-11(2)12(15)16-10-8-13(7-9-14)5-3-4-6-13/h14H,1,3-10H2,2H3. The molecule has 1 saturated carbocycles. The van der Waals surface area contributed by atoms with E-state index in [2.05, 4.69) is 6.58 Å². The highest BCUT2D eigenvalue weighted by Crippen LogP contribution is 2.43. The van der Waals surface area contributed by atoms with Gasteiger partial charge in [0.1, 0.15) is 0 Å². The molecule has 3 nitrogen and oxygen atoms in total. The Morgan fingerprint density at radius 3 is 2.50 bits per heavy atom. The van der Waals surface area contributed by atoms with E-state index in [1.54, 1.807) is 6.92 Å². The van der Waals surface area contributed by atoms with Gasteiger partial charge < -0.3 is 9.84 Å². The zero-order valence-electron chi connectivity index (χ0n) is 10.1. The second kappa shape index (κ2) is 6.04. The molecular weight excluding hydrogens is 204 g/mol. The zero-order valence-corrected chi connectivity index (χ0v) is 10.1. The van der Waals surface area contributed by atoms with Crippen molar-refractivity contribution >= 4 is 5.97 Å². The summed E-state index contributed by atoms with van der Waals surface area (Å²) in [5.74, 6) is -0.308. The van der Waals surface area contributed by atoms with Crippen LogP contribution in [-0.2, 0) is 9.53 Å². The summed E-state index contributed by atoms with van der Waals surface area (Å²) >= 11 is 0. The second-order valence-corrected chi connectivity index (χ2v) is 4.85. The number of carbonyl (C=O) groups excluding carboxylic acids is 1. The first-order chi connectivity index (χ1) is 7.59. The molecule has 0 spiro atoms. The van der Waals surface area contributed by atoms with Gasteiger partial charge in [-0.1, -0.05) is 19.4 Å². The van der Waals surface area contributed by atoms with Crippen molar-refractivity contribution in [3.63, 3.8) is 0 Å². The Kier molecular flexibility index (Phi) is 5.00. The number of rotatable bonds is 6. The lowest BCUT2D eigenvalue weighted by Gasteiger charge is -2.27. The van der Waals surface area contributed by atoms with Crippen molar-refractivity contribution in [2.45, 2.75) is 45.4 Å². The van der Waals surface area contributed by atoms with Crippen molar-refractivity contribution in [3.8, 4) is 0 Å². The molecule has 1 fully saturated rings. The predicted molar refractivity (Wildman–Crippen MR) is 63.0 cm³/mol. The van der Waals surface area contributed by atoms with E-state index in [1.807, 2.05) is 0 Å². The lowest BCUT2D eigenvalue weighted by Crippen LogP contribution is -2.21. The summed E-state index contributed by atoms with van der Waals surface area (Å²) < 4.78 is 5.12. The third-order valence-corrected chi connectivity index (χ3v) is 3.52. The number of esters is 1. The molecule has 0 aromatic rings. The van der Waals surface area contributed by atoms with E-state index >= 15 is 0 Å². The Morgan fingerprint density at radius 2 is 2.00 bits per heavy atom. The fraction of sp³-hybridized carbons (Fsp3) is 0.769. The number of aliphatic hydroxyl groups excluding tert-OH is 1. The van der Waals surface area contributed by atoms with Gasteiger partial charge in [-0.15, -0.1) is 0 Å². The minimum absolute atomic E-state index is 0.212. The molecule has 0 radical (unpaired) electrons. The summed E-state index contributed by atoms with van der Waals surface area (Å²) in [6.45, 7) is 5.88. The van der Waals surface area contributed by atoms with Crippen LogP contribution in [-0.4, -0.2) is 24.3 Å². The highest BCUT2D eigenvalue weighted by atomic mass is 16.5. The maximum Gasteiger partial charge on any atom is 0.333 e. The summed E-state index contributed by atoms with van der Waals surface area (Å²) in [7, 11) is 0. The summed E-state index contributed by atoms with van der Waals surface area (Å²) in [6.07, 6.45) is 6.46. The monoisotopic (exact) mass is 226 g/mol. The van der Waals surface area contributed by atoms with Crippen LogP contribution in [0.15, 0.2) is 12.2 Å². The average molecular weight is 226 g/mol. The SMILES string of the molecule is C=C(C)C(=O)OCCC1(CCO)CCCC1. The normalized spacial score (nSPS) is 18.4. The molecule has 0 heterocycles. The van der Waals surface area contributed by atoms with Gasteiger partial charge in [0.25, 0.3) is 0 Å². The van der Waals surface area contributed by atoms with E-state index in [0.717, 1.165) is 25.7 Å². The van der Waals surface area contributed by atoms with Gasteiger partial charge in [-0.3, -0.25) is 0 Å². The lowest BCUT2D eigenvalue weighted by atomic mass is 9.80. The Hall–Kier alpha value is -0.830. The molecule has 0 aromatic heterocycles. The molecule has 1 N–H and O–H groups in total. The first-order valence-electron chi connectivity index (χ1n) is 6.03. The smallest absolute Gasteiger partial charge is 0.333 e. The summed E-state index contributed by atoms with van der Waals surface area (Å²) in [4.78, 5) is 11.2. The van der Waals surface area contributed by atoms with Gasteiger partial charge in [-0.2, -0.15) is 0 Å². The molecule has 0 aliphatic heterocycles. The Bertz CT molecular complexity index is 252. The van der Waals surface area contributed by atoms with Crippen molar-refractivity contribution in [2.75, 3.05) is 13.2 Å². The largest absolute Gasteiger partial charge is 0.462 e. The predicted octanol–water partition coefficient (Wildman–Crippen LogP) is 2.44. The Morgan fingerprint density at radius 1 is 1.38 bits per heavy atom. The Balaban J connectivity index is 2.33. The van der Waals surface area contributed by atoms with E-state index in [-0.39, 0.29) is 18.0 Å². The van der Waals surface area contributed by atoms with Crippen LogP contribution in [0.25, 0.3) is 0 Å². The molecule has 3 heteroatoms. The highest BCUT2D eigenvalue weighted by molar-refractivity contribution is 5.86. The summed E-state index contributed by atoms with van der Waals surface area (Å²) in [5, 5.41) is 9.07.